The van der Waals surface area contributed by atoms with Gasteiger partial charge in [0.25, 0.3) is 0 Å². The van der Waals surface area contributed by atoms with E-state index < -0.39 is 17.7 Å². The molecule has 1 aliphatic rings. The molecule has 2 rings (SSSR count). The summed E-state index contributed by atoms with van der Waals surface area (Å²) < 4.78 is 42.3. The molecule has 1 aromatic rings. The first-order chi connectivity index (χ1) is 8.41. The number of halogens is 3. The topological polar surface area (TPSA) is 26.3 Å². The van der Waals surface area contributed by atoms with Gasteiger partial charge in [0.1, 0.15) is 0 Å². The highest BCUT2D eigenvalue weighted by molar-refractivity contribution is 5.94. The number of alkyl halides is 3. The van der Waals surface area contributed by atoms with Crippen molar-refractivity contribution in [2.45, 2.75) is 19.0 Å². The summed E-state index contributed by atoms with van der Waals surface area (Å²) in [7, 11) is 1.25. The molecule has 96 valence electrons. The maximum atomic E-state index is 12.6. The molecule has 0 fully saturated rings. The zero-order valence-electron chi connectivity index (χ0n) is 9.67. The van der Waals surface area contributed by atoms with E-state index >= 15 is 0 Å². The Hall–Kier alpha value is -1.78. The van der Waals surface area contributed by atoms with Crippen molar-refractivity contribution in [2.24, 2.45) is 0 Å². The number of rotatable bonds is 1. The number of fused-ring (bicyclic) bond motifs is 1. The van der Waals surface area contributed by atoms with E-state index in [0.717, 1.165) is 17.7 Å². The van der Waals surface area contributed by atoms with Crippen LogP contribution in [0.2, 0.25) is 0 Å². The van der Waals surface area contributed by atoms with E-state index in [-0.39, 0.29) is 0 Å². The zero-order chi connectivity index (χ0) is 13.3. The van der Waals surface area contributed by atoms with Crippen LogP contribution in [0.4, 0.5) is 13.2 Å². The normalized spacial score (nSPS) is 14.8. The monoisotopic (exact) mass is 256 g/mol. The third-order valence-electron chi connectivity index (χ3n) is 2.91. The number of benzene rings is 1. The molecule has 0 spiro atoms. The first kappa shape index (κ1) is 12.7. The van der Waals surface area contributed by atoms with Gasteiger partial charge in [-0.1, -0.05) is 6.07 Å². The molecule has 18 heavy (non-hydrogen) atoms. The van der Waals surface area contributed by atoms with Gasteiger partial charge in [-0.25, -0.2) is 4.79 Å². The highest BCUT2D eigenvalue weighted by atomic mass is 19.4. The fourth-order valence-electron chi connectivity index (χ4n) is 1.95. The summed E-state index contributed by atoms with van der Waals surface area (Å²) in [4.78, 5) is 11.3. The lowest BCUT2D eigenvalue weighted by molar-refractivity contribution is -0.137. The summed E-state index contributed by atoms with van der Waals surface area (Å²) >= 11 is 0. The minimum Gasteiger partial charge on any atom is -0.466 e. The number of carbonyl (C=O) groups is 1. The number of methoxy groups -OCH3 is 1. The second-order valence-electron chi connectivity index (χ2n) is 4.07. The van der Waals surface area contributed by atoms with Crippen molar-refractivity contribution in [3.05, 3.63) is 40.5 Å². The van der Waals surface area contributed by atoms with Gasteiger partial charge in [0.15, 0.2) is 0 Å². The minimum atomic E-state index is -4.37. The number of ether oxygens (including phenoxy) is 1. The molecule has 0 N–H and O–H groups in total. The molecule has 0 saturated heterocycles. The molecule has 0 amide bonds. The van der Waals surface area contributed by atoms with Crippen molar-refractivity contribution in [3.8, 4) is 0 Å². The fourth-order valence-corrected chi connectivity index (χ4v) is 1.95. The molecule has 1 aromatic carbocycles. The van der Waals surface area contributed by atoms with Crippen molar-refractivity contribution >= 4 is 12.0 Å². The summed E-state index contributed by atoms with van der Waals surface area (Å²) in [6.45, 7) is 0. The maximum absolute atomic E-state index is 12.6. The van der Waals surface area contributed by atoms with E-state index in [9.17, 15) is 18.0 Å². The molecule has 0 saturated carbocycles. The van der Waals surface area contributed by atoms with E-state index in [1.54, 1.807) is 0 Å². The molecule has 0 heterocycles. The SMILES string of the molecule is COC(=O)C1=Cc2cc(C(F)(F)F)ccc2CC1. The van der Waals surface area contributed by atoms with Crippen LogP contribution in [0.25, 0.3) is 6.08 Å². The quantitative estimate of drug-likeness (QED) is 0.721. The second-order valence-corrected chi connectivity index (χ2v) is 4.07. The van der Waals surface area contributed by atoms with Crippen LogP contribution in [0.15, 0.2) is 23.8 Å². The number of esters is 1. The lowest BCUT2D eigenvalue weighted by Crippen LogP contribution is -2.11. The summed E-state index contributed by atoms with van der Waals surface area (Å²) in [6, 6.07) is 3.59. The molecular formula is C13H11F3O2. The number of carbonyl (C=O) groups excluding carboxylic acids is 1. The van der Waals surface area contributed by atoms with Crippen molar-refractivity contribution in [3.63, 3.8) is 0 Å². The van der Waals surface area contributed by atoms with Gasteiger partial charge in [-0.05, 0) is 42.2 Å². The molecule has 1 aliphatic carbocycles. The minimum absolute atomic E-state index is 0.407. The van der Waals surface area contributed by atoms with E-state index in [1.807, 2.05) is 0 Å². The Labute approximate surface area is 102 Å². The number of hydrogen-bond donors (Lipinski definition) is 0. The molecule has 0 radical (unpaired) electrons. The smallest absolute Gasteiger partial charge is 0.416 e. The first-order valence-electron chi connectivity index (χ1n) is 5.41. The maximum Gasteiger partial charge on any atom is 0.416 e. The molecule has 2 nitrogen and oxygen atoms in total. The highest BCUT2D eigenvalue weighted by Crippen LogP contribution is 2.33. The third kappa shape index (κ3) is 2.39. The predicted molar refractivity (Wildman–Crippen MR) is 59.8 cm³/mol. The van der Waals surface area contributed by atoms with Crippen molar-refractivity contribution < 1.29 is 22.7 Å². The molecule has 5 heteroatoms. The molecule has 0 unspecified atom stereocenters. The number of aryl methyl sites for hydroxylation is 1. The van der Waals surface area contributed by atoms with E-state index in [0.29, 0.717) is 24.0 Å². The van der Waals surface area contributed by atoms with Gasteiger partial charge in [-0.3, -0.25) is 0 Å². The van der Waals surface area contributed by atoms with Gasteiger partial charge >= 0.3 is 12.1 Å². The lowest BCUT2D eigenvalue weighted by Gasteiger charge is -2.17. The van der Waals surface area contributed by atoms with Gasteiger partial charge in [0.2, 0.25) is 0 Å². The van der Waals surface area contributed by atoms with Crippen molar-refractivity contribution in [1.29, 1.82) is 0 Å². The van der Waals surface area contributed by atoms with Gasteiger partial charge in [-0.15, -0.1) is 0 Å². The Bertz CT molecular complexity index is 515. The molecular weight excluding hydrogens is 245 g/mol. The fraction of sp³-hybridized carbons (Fsp3) is 0.308. The van der Waals surface area contributed by atoms with Gasteiger partial charge in [0.05, 0.1) is 12.7 Å². The second kappa shape index (κ2) is 4.48. The first-order valence-corrected chi connectivity index (χ1v) is 5.41. The molecule has 0 aliphatic heterocycles. The van der Waals surface area contributed by atoms with Crippen LogP contribution >= 0.6 is 0 Å². The average Bonchev–Trinajstić information content (AvgIpc) is 2.35. The van der Waals surface area contributed by atoms with E-state index in [4.69, 9.17) is 0 Å². The molecule has 0 bridgehead atoms. The lowest BCUT2D eigenvalue weighted by atomic mass is 9.91. The summed E-state index contributed by atoms with van der Waals surface area (Å²) in [5.41, 5.74) is 0.958. The number of hydrogen-bond acceptors (Lipinski definition) is 2. The largest absolute Gasteiger partial charge is 0.466 e. The Morgan fingerprint density at radius 3 is 2.61 bits per heavy atom. The van der Waals surface area contributed by atoms with Crippen LogP contribution in [-0.4, -0.2) is 13.1 Å². The Kier molecular flexibility index (Phi) is 3.15. The van der Waals surface area contributed by atoms with Gasteiger partial charge in [0, 0.05) is 5.57 Å². The van der Waals surface area contributed by atoms with Crippen molar-refractivity contribution in [1.82, 2.24) is 0 Å². The van der Waals surface area contributed by atoms with Crippen LogP contribution < -0.4 is 0 Å². The summed E-state index contributed by atoms with van der Waals surface area (Å²) in [5, 5.41) is 0. The Morgan fingerprint density at radius 2 is 2.00 bits per heavy atom. The Morgan fingerprint density at radius 1 is 1.28 bits per heavy atom. The molecule has 0 aromatic heterocycles. The summed E-state index contributed by atoms with van der Waals surface area (Å²) in [5.74, 6) is -0.488. The van der Waals surface area contributed by atoms with Gasteiger partial charge < -0.3 is 4.74 Å². The summed E-state index contributed by atoms with van der Waals surface area (Å²) in [6.07, 6.45) is -1.86. The highest BCUT2D eigenvalue weighted by Gasteiger charge is 2.31. The van der Waals surface area contributed by atoms with E-state index in [1.165, 1.54) is 19.3 Å². The predicted octanol–water partition coefficient (Wildman–Crippen LogP) is 3.21. The average molecular weight is 256 g/mol. The van der Waals surface area contributed by atoms with Crippen LogP contribution in [0.3, 0.4) is 0 Å². The standard InChI is InChI=1S/C13H11F3O2/c1-18-12(17)9-3-2-8-4-5-11(13(14,15)16)7-10(8)6-9/h4-7H,2-3H2,1H3. The van der Waals surface area contributed by atoms with Crippen LogP contribution in [-0.2, 0) is 22.1 Å². The van der Waals surface area contributed by atoms with Crippen LogP contribution in [0, 0.1) is 0 Å². The third-order valence-corrected chi connectivity index (χ3v) is 2.91. The van der Waals surface area contributed by atoms with Crippen molar-refractivity contribution in [2.75, 3.05) is 7.11 Å². The van der Waals surface area contributed by atoms with Crippen LogP contribution in [0.5, 0.6) is 0 Å². The zero-order valence-corrected chi connectivity index (χ0v) is 9.67. The molecule has 0 atom stereocenters. The Balaban J connectivity index is 2.42. The van der Waals surface area contributed by atoms with Gasteiger partial charge in [-0.2, -0.15) is 13.2 Å². The van der Waals surface area contributed by atoms with E-state index in [2.05, 4.69) is 4.74 Å². The van der Waals surface area contributed by atoms with Crippen LogP contribution in [0.1, 0.15) is 23.1 Å².